The molecule has 0 atom stereocenters. The summed E-state index contributed by atoms with van der Waals surface area (Å²) in [4.78, 5) is 14.4. The molecule has 0 aliphatic rings. The summed E-state index contributed by atoms with van der Waals surface area (Å²) < 4.78 is 5.60. The lowest BCUT2D eigenvalue weighted by Gasteiger charge is -2.22. The molecule has 0 aliphatic carbocycles. The standard InChI is InChI=1S/C21H28ClN3O2.ClH/c1-6-25(7-2)17-8-9-19(14(3)10-17)24-21(26)23-13-27-18-11-15(4)20(22)16(5)12-18;/h8-12H,6-7,13H2,1-5H3,(H2,23,24,26);1H/p-1. The summed E-state index contributed by atoms with van der Waals surface area (Å²) in [5.74, 6) is 0.675. The van der Waals surface area contributed by atoms with Gasteiger partial charge in [-0.3, -0.25) is 0 Å². The third-order valence-electron chi connectivity index (χ3n) is 4.47. The van der Waals surface area contributed by atoms with Crippen molar-refractivity contribution in [2.75, 3.05) is 30.0 Å². The number of hydrogen-bond acceptors (Lipinski definition) is 3. The Kier molecular flexibility index (Phi) is 9.42. The van der Waals surface area contributed by atoms with E-state index in [9.17, 15) is 4.79 Å². The Hall–Kier alpha value is -2.11. The molecule has 0 saturated carbocycles. The number of halogens is 2. The molecule has 0 radical (unpaired) electrons. The number of rotatable bonds is 7. The molecule has 2 aromatic carbocycles. The van der Waals surface area contributed by atoms with Crippen LogP contribution in [0.4, 0.5) is 16.2 Å². The minimum Gasteiger partial charge on any atom is -1.00 e. The largest absolute Gasteiger partial charge is 1.00 e. The van der Waals surface area contributed by atoms with Crippen molar-refractivity contribution in [1.82, 2.24) is 5.32 Å². The fraction of sp³-hybridized carbons (Fsp3) is 0.381. The third kappa shape index (κ3) is 6.21. The van der Waals surface area contributed by atoms with Gasteiger partial charge in [-0.1, -0.05) is 11.6 Å². The minimum absolute atomic E-state index is 0. The maximum Gasteiger partial charge on any atom is 0.321 e. The number of ether oxygens (including phenoxy) is 1. The van der Waals surface area contributed by atoms with E-state index in [2.05, 4.69) is 35.4 Å². The van der Waals surface area contributed by atoms with E-state index in [4.69, 9.17) is 16.3 Å². The molecule has 0 heterocycles. The van der Waals surface area contributed by atoms with E-state index in [0.29, 0.717) is 5.75 Å². The van der Waals surface area contributed by atoms with Crippen LogP contribution in [0.5, 0.6) is 5.75 Å². The lowest BCUT2D eigenvalue weighted by molar-refractivity contribution is -0.00000974. The van der Waals surface area contributed by atoms with Gasteiger partial charge >= 0.3 is 6.03 Å². The normalized spacial score (nSPS) is 10.1. The van der Waals surface area contributed by atoms with E-state index in [1.165, 1.54) is 0 Å². The summed E-state index contributed by atoms with van der Waals surface area (Å²) in [5.41, 5.74) is 4.83. The number of anilines is 2. The topological polar surface area (TPSA) is 53.6 Å². The van der Waals surface area contributed by atoms with Gasteiger partial charge in [-0.2, -0.15) is 0 Å². The van der Waals surface area contributed by atoms with Crippen LogP contribution < -0.4 is 32.7 Å². The zero-order valence-corrected chi connectivity index (χ0v) is 18.5. The number of carbonyl (C=O) groups excluding carboxylic acids is 1. The first-order valence-corrected chi connectivity index (χ1v) is 9.53. The number of urea groups is 1. The highest BCUT2D eigenvalue weighted by Gasteiger charge is 2.08. The molecule has 0 bridgehead atoms. The lowest BCUT2D eigenvalue weighted by Crippen LogP contribution is -3.00. The fourth-order valence-corrected chi connectivity index (χ4v) is 3.02. The Morgan fingerprint density at radius 3 is 2.18 bits per heavy atom. The van der Waals surface area contributed by atoms with Crippen molar-refractivity contribution in [2.24, 2.45) is 0 Å². The molecule has 0 fully saturated rings. The molecule has 2 amide bonds. The first-order valence-electron chi connectivity index (χ1n) is 9.15. The highest BCUT2D eigenvalue weighted by Crippen LogP contribution is 2.26. The quantitative estimate of drug-likeness (QED) is 0.670. The van der Waals surface area contributed by atoms with Gasteiger partial charge in [0.15, 0.2) is 6.73 Å². The summed E-state index contributed by atoms with van der Waals surface area (Å²) in [5, 5.41) is 6.30. The highest BCUT2D eigenvalue weighted by atomic mass is 35.5. The average Bonchev–Trinajstić information content (AvgIpc) is 2.63. The summed E-state index contributed by atoms with van der Waals surface area (Å²) in [7, 11) is 0. The minimum atomic E-state index is -0.309. The highest BCUT2D eigenvalue weighted by molar-refractivity contribution is 6.32. The lowest BCUT2D eigenvalue weighted by atomic mass is 10.1. The van der Waals surface area contributed by atoms with Gasteiger partial charge in [0.05, 0.1) is 0 Å². The van der Waals surface area contributed by atoms with Crippen LogP contribution in [0.15, 0.2) is 30.3 Å². The van der Waals surface area contributed by atoms with Crippen molar-refractivity contribution < 1.29 is 21.9 Å². The van der Waals surface area contributed by atoms with Gasteiger partial charge in [-0.15, -0.1) is 0 Å². The van der Waals surface area contributed by atoms with Gasteiger partial charge in [0.2, 0.25) is 0 Å². The van der Waals surface area contributed by atoms with Gasteiger partial charge in [0.1, 0.15) is 5.75 Å². The third-order valence-corrected chi connectivity index (χ3v) is 5.06. The average molecular weight is 425 g/mol. The maximum absolute atomic E-state index is 12.1. The molecule has 0 aliphatic heterocycles. The molecular weight excluding hydrogens is 397 g/mol. The zero-order chi connectivity index (χ0) is 20.0. The van der Waals surface area contributed by atoms with Gasteiger partial charge in [-0.05, 0) is 81.6 Å². The fourth-order valence-electron chi connectivity index (χ4n) is 2.91. The van der Waals surface area contributed by atoms with E-state index in [-0.39, 0.29) is 25.2 Å². The number of nitrogens with one attached hydrogen (secondary N) is 2. The molecule has 7 heteroatoms. The Morgan fingerprint density at radius 1 is 1.04 bits per heavy atom. The number of aryl methyl sites for hydroxylation is 3. The molecule has 0 unspecified atom stereocenters. The van der Waals surface area contributed by atoms with Crippen molar-refractivity contribution in [3.8, 4) is 5.75 Å². The smallest absolute Gasteiger partial charge is 0.321 e. The Morgan fingerprint density at radius 2 is 1.64 bits per heavy atom. The Balaban J connectivity index is 0.00000392. The molecule has 28 heavy (non-hydrogen) atoms. The molecule has 0 aromatic heterocycles. The van der Waals surface area contributed by atoms with E-state index in [1.807, 2.05) is 45.0 Å². The van der Waals surface area contributed by atoms with Gasteiger partial charge in [0.25, 0.3) is 0 Å². The number of carbonyl (C=O) groups is 1. The molecule has 2 N–H and O–H groups in total. The molecule has 2 rings (SSSR count). The van der Waals surface area contributed by atoms with Crippen LogP contribution in [0.25, 0.3) is 0 Å². The molecular formula is C21H28Cl2N3O2-. The van der Waals surface area contributed by atoms with Crippen LogP contribution in [-0.4, -0.2) is 25.9 Å². The number of amides is 2. The monoisotopic (exact) mass is 424 g/mol. The predicted octanol–water partition coefficient (Wildman–Crippen LogP) is 2.27. The second-order valence-electron chi connectivity index (χ2n) is 6.46. The predicted molar refractivity (Wildman–Crippen MR) is 113 cm³/mol. The van der Waals surface area contributed by atoms with Crippen molar-refractivity contribution in [3.05, 3.63) is 52.0 Å². The summed E-state index contributed by atoms with van der Waals surface area (Å²) >= 11 is 6.15. The van der Waals surface area contributed by atoms with Gasteiger partial charge < -0.3 is 32.7 Å². The van der Waals surface area contributed by atoms with E-state index in [0.717, 1.165) is 46.2 Å². The molecule has 5 nitrogen and oxygen atoms in total. The van der Waals surface area contributed by atoms with Crippen LogP contribution in [0.3, 0.4) is 0 Å². The first kappa shape index (κ1) is 23.9. The summed E-state index contributed by atoms with van der Waals surface area (Å²) in [6.45, 7) is 12.1. The van der Waals surface area contributed by atoms with Gasteiger partial charge in [-0.25, -0.2) is 4.79 Å². The van der Waals surface area contributed by atoms with Crippen molar-refractivity contribution in [2.45, 2.75) is 34.6 Å². The number of hydrogen-bond donors (Lipinski definition) is 2. The molecule has 2 aromatic rings. The molecule has 154 valence electrons. The van der Waals surface area contributed by atoms with Crippen LogP contribution in [0.1, 0.15) is 30.5 Å². The van der Waals surface area contributed by atoms with E-state index < -0.39 is 0 Å². The first-order chi connectivity index (χ1) is 12.8. The van der Waals surface area contributed by atoms with Crippen molar-refractivity contribution >= 4 is 29.0 Å². The van der Waals surface area contributed by atoms with Crippen LogP contribution >= 0.6 is 11.6 Å². The van der Waals surface area contributed by atoms with Crippen LogP contribution in [0, 0.1) is 20.8 Å². The van der Waals surface area contributed by atoms with E-state index >= 15 is 0 Å². The number of nitrogens with zero attached hydrogens (tertiary/aromatic N) is 1. The van der Waals surface area contributed by atoms with Crippen molar-refractivity contribution in [3.63, 3.8) is 0 Å². The molecule has 0 saturated heterocycles. The summed E-state index contributed by atoms with van der Waals surface area (Å²) in [6, 6.07) is 9.42. The molecule has 0 spiro atoms. The SMILES string of the molecule is CCN(CC)c1ccc(NC(=O)NCOc2cc(C)c(Cl)c(C)c2)c(C)c1.[Cl-]. The van der Waals surface area contributed by atoms with E-state index in [1.54, 1.807) is 0 Å². The Bertz CT molecular complexity index is 785. The zero-order valence-electron chi connectivity index (χ0n) is 17.0. The summed E-state index contributed by atoms with van der Waals surface area (Å²) in [6.07, 6.45) is 0. The van der Waals surface area contributed by atoms with Gasteiger partial charge in [0, 0.05) is 29.5 Å². The second-order valence-corrected chi connectivity index (χ2v) is 6.84. The van der Waals surface area contributed by atoms with Crippen molar-refractivity contribution in [1.29, 1.82) is 0 Å². The van der Waals surface area contributed by atoms with Crippen LogP contribution in [0.2, 0.25) is 5.02 Å². The second kappa shape index (κ2) is 11.0. The van der Waals surface area contributed by atoms with Crippen LogP contribution in [-0.2, 0) is 0 Å². The Labute approximate surface area is 178 Å². The maximum atomic E-state index is 12.1. The number of benzene rings is 2.